The minimum absolute atomic E-state index is 0.812. The minimum atomic E-state index is 0.812. The largest absolute Gasteiger partial charge is 0.387 e. The van der Waals surface area contributed by atoms with Crippen LogP contribution < -0.4 is 5.32 Å². The van der Waals surface area contributed by atoms with Crippen molar-refractivity contribution in [2.75, 3.05) is 12.4 Å². The number of aromatic nitrogens is 1. The molecule has 0 atom stereocenters. The second-order valence-corrected chi connectivity index (χ2v) is 2.06. The van der Waals surface area contributed by atoms with Gasteiger partial charge in [-0.1, -0.05) is 5.92 Å². The minimum Gasteiger partial charge on any atom is -0.387 e. The van der Waals surface area contributed by atoms with Crippen LogP contribution in [-0.4, -0.2) is 12.0 Å². The molecule has 1 heterocycles. The molecule has 0 aliphatic heterocycles. The summed E-state index contributed by atoms with van der Waals surface area (Å²) in [6.07, 6.45) is 1.76. The van der Waals surface area contributed by atoms with Gasteiger partial charge in [-0.3, -0.25) is 0 Å². The van der Waals surface area contributed by atoms with Crippen molar-refractivity contribution in [2.45, 2.75) is 6.92 Å². The summed E-state index contributed by atoms with van der Waals surface area (Å²) < 4.78 is 0. The van der Waals surface area contributed by atoms with Crippen LogP contribution in [0.15, 0.2) is 18.3 Å². The maximum Gasteiger partial charge on any atom is 0.113 e. The summed E-state index contributed by atoms with van der Waals surface area (Å²) in [5, 5.41) is 2.99. The lowest BCUT2D eigenvalue weighted by molar-refractivity contribution is 1.27. The Morgan fingerprint density at radius 3 is 2.73 bits per heavy atom. The fraction of sp³-hybridized carbons (Fsp3) is 0.222. The monoisotopic (exact) mass is 146 g/mol. The van der Waals surface area contributed by atoms with E-state index in [0.29, 0.717) is 0 Å². The van der Waals surface area contributed by atoms with Gasteiger partial charge in [-0.2, -0.15) is 0 Å². The second kappa shape index (κ2) is 3.62. The lowest BCUT2D eigenvalue weighted by Gasteiger charge is -1.96. The Kier molecular flexibility index (Phi) is 2.51. The molecule has 0 saturated carbocycles. The molecule has 2 nitrogen and oxygen atoms in total. The lowest BCUT2D eigenvalue weighted by Crippen LogP contribution is -1.89. The quantitative estimate of drug-likeness (QED) is 0.607. The smallest absolute Gasteiger partial charge is 0.113 e. The highest BCUT2D eigenvalue weighted by Gasteiger charge is 1.88. The topological polar surface area (TPSA) is 24.9 Å². The number of anilines is 1. The molecule has 0 spiro atoms. The van der Waals surface area contributed by atoms with Crippen LogP contribution in [0, 0.1) is 11.8 Å². The Morgan fingerprint density at radius 1 is 1.45 bits per heavy atom. The van der Waals surface area contributed by atoms with Gasteiger partial charge < -0.3 is 5.32 Å². The Bertz CT molecular complexity index is 277. The van der Waals surface area contributed by atoms with Crippen molar-refractivity contribution in [3.63, 3.8) is 0 Å². The van der Waals surface area contributed by atoms with Crippen LogP contribution in [0.3, 0.4) is 0 Å². The van der Waals surface area contributed by atoms with E-state index in [1.807, 2.05) is 19.2 Å². The van der Waals surface area contributed by atoms with Crippen molar-refractivity contribution in [3.8, 4) is 11.8 Å². The predicted octanol–water partition coefficient (Wildman–Crippen LogP) is 1.49. The van der Waals surface area contributed by atoms with Crippen LogP contribution in [0.25, 0.3) is 0 Å². The Labute approximate surface area is 66.7 Å². The first-order valence-corrected chi connectivity index (χ1v) is 3.43. The van der Waals surface area contributed by atoms with Crippen molar-refractivity contribution in [2.24, 2.45) is 0 Å². The molecule has 0 unspecified atom stereocenters. The third-order valence-electron chi connectivity index (χ3n) is 1.31. The number of nitrogens with one attached hydrogen (secondary N) is 1. The zero-order valence-corrected chi connectivity index (χ0v) is 6.68. The number of hydrogen-bond acceptors (Lipinski definition) is 2. The third-order valence-corrected chi connectivity index (χ3v) is 1.31. The normalized spacial score (nSPS) is 8.18. The molecule has 0 aliphatic carbocycles. The molecule has 1 rings (SSSR count). The van der Waals surface area contributed by atoms with E-state index in [-0.39, 0.29) is 0 Å². The van der Waals surface area contributed by atoms with E-state index in [0.717, 1.165) is 11.4 Å². The van der Waals surface area contributed by atoms with Gasteiger partial charge in [0, 0.05) is 7.05 Å². The average molecular weight is 146 g/mol. The Hall–Kier alpha value is -1.49. The zero-order chi connectivity index (χ0) is 8.10. The zero-order valence-electron chi connectivity index (χ0n) is 6.68. The lowest BCUT2D eigenvalue weighted by atomic mass is 10.3. The third kappa shape index (κ3) is 1.98. The highest BCUT2D eigenvalue weighted by Crippen LogP contribution is 2.03. The van der Waals surface area contributed by atoms with E-state index in [9.17, 15) is 0 Å². The SMILES string of the molecule is CC#Cc1ccc(NC)cn1. The van der Waals surface area contributed by atoms with Gasteiger partial charge in [0.1, 0.15) is 5.69 Å². The molecule has 0 bridgehead atoms. The maximum absolute atomic E-state index is 4.10. The van der Waals surface area contributed by atoms with E-state index >= 15 is 0 Å². The first-order valence-electron chi connectivity index (χ1n) is 3.43. The van der Waals surface area contributed by atoms with Gasteiger partial charge in [-0.05, 0) is 25.0 Å². The average Bonchev–Trinajstić information content (AvgIpc) is 2.07. The van der Waals surface area contributed by atoms with Gasteiger partial charge in [0.25, 0.3) is 0 Å². The van der Waals surface area contributed by atoms with Crippen LogP contribution in [0.4, 0.5) is 5.69 Å². The van der Waals surface area contributed by atoms with Gasteiger partial charge in [-0.15, -0.1) is 0 Å². The highest BCUT2D eigenvalue weighted by atomic mass is 14.8. The highest BCUT2D eigenvalue weighted by molar-refractivity contribution is 5.42. The van der Waals surface area contributed by atoms with E-state index < -0.39 is 0 Å². The maximum atomic E-state index is 4.10. The summed E-state index contributed by atoms with van der Waals surface area (Å²) in [6, 6.07) is 3.84. The van der Waals surface area contributed by atoms with Crippen molar-refractivity contribution in [3.05, 3.63) is 24.0 Å². The molecule has 0 saturated heterocycles. The number of pyridine rings is 1. The predicted molar refractivity (Wildman–Crippen MR) is 46.3 cm³/mol. The summed E-state index contributed by atoms with van der Waals surface area (Å²) in [5.74, 6) is 5.66. The summed E-state index contributed by atoms with van der Waals surface area (Å²) >= 11 is 0. The van der Waals surface area contributed by atoms with Crippen LogP contribution in [0.2, 0.25) is 0 Å². The molecule has 11 heavy (non-hydrogen) atoms. The molecule has 56 valence electrons. The first-order chi connectivity index (χ1) is 5.36. The molecule has 0 radical (unpaired) electrons. The van der Waals surface area contributed by atoms with Gasteiger partial charge in [0.2, 0.25) is 0 Å². The molecule has 1 N–H and O–H groups in total. The van der Waals surface area contributed by atoms with Crippen molar-refractivity contribution in [1.82, 2.24) is 4.98 Å². The molecular formula is C9H10N2. The van der Waals surface area contributed by atoms with E-state index in [4.69, 9.17) is 0 Å². The fourth-order valence-corrected chi connectivity index (χ4v) is 0.744. The van der Waals surface area contributed by atoms with Crippen LogP contribution in [0.1, 0.15) is 12.6 Å². The molecule has 2 heteroatoms. The molecule has 0 amide bonds. The number of nitrogens with zero attached hydrogens (tertiary/aromatic N) is 1. The standard InChI is InChI=1S/C9H10N2/c1-3-4-8-5-6-9(10-2)7-11-8/h5-7,10H,1-2H3. The fourth-order valence-electron chi connectivity index (χ4n) is 0.744. The second-order valence-electron chi connectivity index (χ2n) is 2.06. The number of rotatable bonds is 1. The molecule has 0 fully saturated rings. The van der Waals surface area contributed by atoms with E-state index in [1.54, 1.807) is 13.1 Å². The van der Waals surface area contributed by atoms with Crippen molar-refractivity contribution < 1.29 is 0 Å². The first kappa shape index (κ1) is 7.62. The van der Waals surface area contributed by atoms with Crippen LogP contribution in [0.5, 0.6) is 0 Å². The summed E-state index contributed by atoms with van der Waals surface area (Å²) in [4.78, 5) is 4.10. The van der Waals surface area contributed by atoms with Crippen molar-refractivity contribution >= 4 is 5.69 Å². The van der Waals surface area contributed by atoms with Gasteiger partial charge in [-0.25, -0.2) is 4.98 Å². The Balaban J connectivity index is 2.88. The molecule has 1 aromatic rings. The van der Waals surface area contributed by atoms with Gasteiger partial charge in [0.05, 0.1) is 11.9 Å². The summed E-state index contributed by atoms with van der Waals surface area (Å²) in [5.41, 5.74) is 1.82. The molecule has 0 aliphatic rings. The molecule has 0 aromatic carbocycles. The summed E-state index contributed by atoms with van der Waals surface area (Å²) in [7, 11) is 1.86. The van der Waals surface area contributed by atoms with Gasteiger partial charge in [0.15, 0.2) is 0 Å². The Morgan fingerprint density at radius 2 is 2.27 bits per heavy atom. The van der Waals surface area contributed by atoms with Crippen LogP contribution in [-0.2, 0) is 0 Å². The number of hydrogen-bond donors (Lipinski definition) is 1. The van der Waals surface area contributed by atoms with Crippen LogP contribution >= 0.6 is 0 Å². The van der Waals surface area contributed by atoms with E-state index in [2.05, 4.69) is 22.1 Å². The summed E-state index contributed by atoms with van der Waals surface area (Å²) in [6.45, 7) is 1.80. The van der Waals surface area contributed by atoms with Crippen molar-refractivity contribution in [1.29, 1.82) is 0 Å². The molecular weight excluding hydrogens is 136 g/mol. The van der Waals surface area contributed by atoms with Gasteiger partial charge >= 0.3 is 0 Å². The molecule has 1 aromatic heterocycles. The van der Waals surface area contributed by atoms with E-state index in [1.165, 1.54) is 0 Å².